The molecule has 0 saturated carbocycles. The zero-order valence-corrected chi connectivity index (χ0v) is 20.0. The van der Waals surface area contributed by atoms with Crippen molar-refractivity contribution in [3.8, 4) is 6.07 Å². The van der Waals surface area contributed by atoms with Gasteiger partial charge < -0.3 is 19.9 Å². The Kier molecular flexibility index (Phi) is 6.96. The fourth-order valence-electron chi connectivity index (χ4n) is 4.67. The number of rotatable bonds is 6. The first-order valence-corrected chi connectivity index (χ1v) is 12.2. The highest BCUT2D eigenvalue weighted by Crippen LogP contribution is 2.23. The van der Waals surface area contributed by atoms with Crippen molar-refractivity contribution in [1.82, 2.24) is 14.7 Å². The van der Waals surface area contributed by atoms with Crippen LogP contribution in [0.1, 0.15) is 18.4 Å². The molecule has 1 aromatic carbocycles. The van der Waals surface area contributed by atoms with Gasteiger partial charge in [-0.05, 0) is 43.2 Å². The van der Waals surface area contributed by atoms with Crippen molar-refractivity contribution in [2.75, 3.05) is 49.1 Å². The summed E-state index contributed by atoms with van der Waals surface area (Å²) in [5.41, 5.74) is 1.45. The number of hydrogen-bond donors (Lipinski definition) is 1. The Balaban J connectivity index is 1.45. The highest BCUT2D eigenvalue weighted by atomic mass is 16.5. The number of benzene rings is 1. The average Bonchev–Trinajstić information content (AvgIpc) is 3.46. The monoisotopic (exact) mass is 484 g/mol. The van der Waals surface area contributed by atoms with E-state index in [0.29, 0.717) is 37.7 Å². The molecular weight excluding hydrogens is 456 g/mol. The third kappa shape index (κ3) is 4.95. The van der Waals surface area contributed by atoms with E-state index in [2.05, 4.69) is 27.2 Å². The van der Waals surface area contributed by atoms with Gasteiger partial charge >= 0.3 is 0 Å². The number of fused-ring (bicyclic) bond motifs is 1. The van der Waals surface area contributed by atoms with Crippen LogP contribution >= 0.6 is 0 Å². The van der Waals surface area contributed by atoms with Crippen molar-refractivity contribution in [2.45, 2.75) is 18.9 Å². The van der Waals surface area contributed by atoms with Crippen molar-refractivity contribution < 1.29 is 9.53 Å². The molecule has 1 amide bonds. The predicted octanol–water partition coefficient (Wildman–Crippen LogP) is 2.22. The molecule has 2 saturated heterocycles. The SMILES string of the molecule is N#CC(=Cc1c(N2CCN(c3ccccc3)CC2)nc2ccccn2c1=O)C(=O)NCC1CCCO1. The van der Waals surface area contributed by atoms with Crippen molar-refractivity contribution in [2.24, 2.45) is 0 Å². The van der Waals surface area contributed by atoms with Gasteiger partial charge in [-0.2, -0.15) is 5.26 Å². The highest BCUT2D eigenvalue weighted by molar-refractivity contribution is 6.02. The zero-order chi connectivity index (χ0) is 24.9. The summed E-state index contributed by atoms with van der Waals surface area (Å²) in [5.74, 6) is -0.0380. The van der Waals surface area contributed by atoms with Crippen LogP contribution in [-0.2, 0) is 9.53 Å². The first-order valence-electron chi connectivity index (χ1n) is 12.2. The lowest BCUT2D eigenvalue weighted by Gasteiger charge is -2.37. The summed E-state index contributed by atoms with van der Waals surface area (Å²) < 4.78 is 6.99. The smallest absolute Gasteiger partial charge is 0.267 e. The number of ether oxygens (including phenoxy) is 1. The molecule has 5 rings (SSSR count). The predicted molar refractivity (Wildman–Crippen MR) is 138 cm³/mol. The summed E-state index contributed by atoms with van der Waals surface area (Å²) in [7, 11) is 0. The minimum Gasteiger partial charge on any atom is -0.376 e. The van der Waals surface area contributed by atoms with E-state index >= 15 is 0 Å². The molecule has 2 aromatic heterocycles. The molecule has 9 nitrogen and oxygen atoms in total. The molecule has 1 atom stereocenters. The number of hydrogen-bond acceptors (Lipinski definition) is 7. The molecule has 9 heteroatoms. The number of aromatic nitrogens is 2. The van der Waals surface area contributed by atoms with E-state index in [-0.39, 0.29) is 22.8 Å². The third-order valence-corrected chi connectivity index (χ3v) is 6.62. The maximum absolute atomic E-state index is 13.5. The van der Waals surface area contributed by atoms with Crippen LogP contribution in [0.15, 0.2) is 65.1 Å². The number of nitrogens with one attached hydrogen (secondary N) is 1. The standard InChI is InChI=1S/C27H28N6O3/c28-18-20(26(34)29-19-22-9-6-16-36-22)17-23-25(30-24-10-4-5-11-33(24)27(23)35)32-14-12-31(13-15-32)21-7-2-1-3-8-21/h1-5,7-8,10-11,17,22H,6,9,12-16,19H2,(H,29,34). The molecule has 0 radical (unpaired) electrons. The number of piperazine rings is 1. The second-order valence-electron chi connectivity index (χ2n) is 8.91. The van der Waals surface area contributed by atoms with Crippen LogP contribution < -0.4 is 20.7 Å². The number of amides is 1. The summed E-state index contributed by atoms with van der Waals surface area (Å²) >= 11 is 0. The van der Waals surface area contributed by atoms with Gasteiger partial charge in [0.15, 0.2) is 0 Å². The fourth-order valence-corrected chi connectivity index (χ4v) is 4.67. The van der Waals surface area contributed by atoms with E-state index in [1.807, 2.05) is 30.3 Å². The van der Waals surface area contributed by atoms with Gasteiger partial charge in [-0.3, -0.25) is 14.0 Å². The van der Waals surface area contributed by atoms with E-state index in [1.54, 1.807) is 18.3 Å². The molecule has 2 aliphatic heterocycles. The van der Waals surface area contributed by atoms with E-state index in [1.165, 1.54) is 10.5 Å². The lowest BCUT2D eigenvalue weighted by atomic mass is 10.1. The number of nitriles is 1. The van der Waals surface area contributed by atoms with Crippen LogP contribution in [0, 0.1) is 11.3 Å². The second-order valence-corrected chi connectivity index (χ2v) is 8.91. The van der Waals surface area contributed by atoms with Gasteiger partial charge in [0.2, 0.25) is 0 Å². The Bertz CT molecular complexity index is 1360. The van der Waals surface area contributed by atoms with Crippen LogP contribution in [0.3, 0.4) is 0 Å². The summed E-state index contributed by atoms with van der Waals surface area (Å²) in [6, 6.07) is 17.5. The molecule has 0 spiro atoms. The Labute approximate surface area is 209 Å². The minimum absolute atomic E-state index is 0.0432. The van der Waals surface area contributed by atoms with E-state index < -0.39 is 5.91 Å². The average molecular weight is 485 g/mol. The maximum Gasteiger partial charge on any atom is 0.267 e. The van der Waals surface area contributed by atoms with Crippen LogP contribution in [-0.4, -0.2) is 60.7 Å². The van der Waals surface area contributed by atoms with Gasteiger partial charge in [0.1, 0.15) is 23.1 Å². The van der Waals surface area contributed by atoms with Gasteiger partial charge in [-0.1, -0.05) is 24.3 Å². The molecule has 1 N–H and O–H groups in total. The number of para-hydroxylation sites is 1. The first-order chi connectivity index (χ1) is 17.6. The Morgan fingerprint density at radius 3 is 2.58 bits per heavy atom. The summed E-state index contributed by atoms with van der Waals surface area (Å²) in [4.78, 5) is 35.4. The molecule has 0 aliphatic carbocycles. The molecule has 2 aliphatic rings. The van der Waals surface area contributed by atoms with Crippen molar-refractivity contribution in [3.63, 3.8) is 0 Å². The number of carbonyl (C=O) groups excluding carboxylic acids is 1. The molecule has 4 heterocycles. The molecule has 36 heavy (non-hydrogen) atoms. The Morgan fingerprint density at radius 1 is 1.11 bits per heavy atom. The van der Waals surface area contributed by atoms with Gasteiger partial charge in [-0.25, -0.2) is 4.98 Å². The Morgan fingerprint density at radius 2 is 1.86 bits per heavy atom. The quantitative estimate of drug-likeness (QED) is 0.423. The first kappa shape index (κ1) is 23.6. The molecule has 0 bridgehead atoms. The molecule has 184 valence electrons. The normalized spacial score (nSPS) is 18.3. The molecule has 3 aromatic rings. The van der Waals surface area contributed by atoms with Gasteiger partial charge in [0.25, 0.3) is 11.5 Å². The van der Waals surface area contributed by atoms with Crippen molar-refractivity contribution >= 4 is 29.1 Å². The van der Waals surface area contributed by atoms with Gasteiger partial charge in [-0.15, -0.1) is 0 Å². The molecule has 2 fully saturated rings. The van der Waals surface area contributed by atoms with Crippen molar-refractivity contribution in [3.05, 3.63) is 76.2 Å². The Hall–Kier alpha value is -4.16. The van der Waals surface area contributed by atoms with E-state index in [4.69, 9.17) is 9.72 Å². The summed E-state index contributed by atoms with van der Waals surface area (Å²) in [5, 5.41) is 12.5. The van der Waals surface area contributed by atoms with Crippen LogP contribution in [0.4, 0.5) is 11.5 Å². The largest absolute Gasteiger partial charge is 0.376 e. The van der Waals surface area contributed by atoms with Gasteiger partial charge in [0, 0.05) is 51.2 Å². The third-order valence-electron chi connectivity index (χ3n) is 6.62. The number of carbonyl (C=O) groups is 1. The topological polar surface area (TPSA) is 103 Å². The summed E-state index contributed by atoms with van der Waals surface area (Å²) in [6.45, 7) is 3.84. The molecule has 1 unspecified atom stereocenters. The fraction of sp³-hybridized carbons (Fsp3) is 0.333. The maximum atomic E-state index is 13.5. The van der Waals surface area contributed by atoms with Gasteiger partial charge in [0.05, 0.1) is 11.7 Å². The summed E-state index contributed by atoms with van der Waals surface area (Å²) in [6.07, 6.45) is 4.81. The number of pyridine rings is 1. The number of nitrogens with zero attached hydrogens (tertiary/aromatic N) is 5. The zero-order valence-electron chi connectivity index (χ0n) is 20.0. The van der Waals surface area contributed by atoms with Crippen LogP contribution in [0.2, 0.25) is 0 Å². The van der Waals surface area contributed by atoms with Crippen LogP contribution in [0.5, 0.6) is 0 Å². The highest BCUT2D eigenvalue weighted by Gasteiger charge is 2.24. The van der Waals surface area contributed by atoms with Crippen LogP contribution in [0.25, 0.3) is 11.7 Å². The second kappa shape index (κ2) is 10.6. The minimum atomic E-state index is -0.523. The van der Waals surface area contributed by atoms with Crippen molar-refractivity contribution in [1.29, 1.82) is 5.26 Å². The number of anilines is 2. The van der Waals surface area contributed by atoms with E-state index in [9.17, 15) is 14.9 Å². The lowest BCUT2D eigenvalue weighted by molar-refractivity contribution is -0.117. The van der Waals surface area contributed by atoms with E-state index in [0.717, 1.165) is 31.6 Å². The lowest BCUT2D eigenvalue weighted by Crippen LogP contribution is -2.47. The molecular formula is C27H28N6O3.